The van der Waals surface area contributed by atoms with Gasteiger partial charge in [-0.25, -0.2) is 18.6 Å². The molecule has 0 saturated carbocycles. The number of aromatic hydroxyl groups is 1. The molecule has 20 heteroatoms. The fourth-order valence-electron chi connectivity index (χ4n) is 15.5. The van der Waals surface area contributed by atoms with Crippen LogP contribution in [0.5, 0.6) is 11.8 Å². The molecule has 8 aliphatic heterocycles. The Balaban J connectivity index is 0.633. The van der Waals surface area contributed by atoms with Gasteiger partial charge in [-0.05, 0) is 143 Å². The third kappa shape index (κ3) is 8.76. The lowest BCUT2D eigenvalue weighted by molar-refractivity contribution is -0.134. The summed E-state index contributed by atoms with van der Waals surface area (Å²) in [5, 5.41) is 20.8. The Morgan fingerprint density at radius 2 is 1.71 bits per heavy atom. The zero-order valence-electron chi connectivity index (χ0n) is 45.6. The first-order valence-corrected chi connectivity index (χ1v) is 29.2. The quantitative estimate of drug-likeness (QED) is 0.127. The number of nitrogens with one attached hydrogen (secondary N) is 1. The van der Waals surface area contributed by atoms with Crippen molar-refractivity contribution in [2.45, 2.75) is 138 Å². The Kier molecular flexibility index (Phi) is 13.1. The second-order valence-corrected chi connectivity index (χ2v) is 23.8. The minimum Gasteiger partial charge on any atom is -0.508 e. The molecule has 80 heavy (non-hydrogen) atoms. The summed E-state index contributed by atoms with van der Waals surface area (Å²) >= 11 is 0. The van der Waals surface area contributed by atoms with E-state index >= 15 is 8.78 Å². The summed E-state index contributed by atoms with van der Waals surface area (Å²) in [6.07, 6.45) is 10.5. The van der Waals surface area contributed by atoms with E-state index in [9.17, 15) is 19.5 Å². The summed E-state index contributed by atoms with van der Waals surface area (Å²) in [4.78, 5) is 65.1. The zero-order chi connectivity index (χ0) is 54.6. The van der Waals surface area contributed by atoms with Crippen LogP contribution in [0.4, 0.5) is 25.1 Å². The van der Waals surface area contributed by atoms with Gasteiger partial charge in [0.15, 0.2) is 5.82 Å². The van der Waals surface area contributed by atoms with Crippen molar-refractivity contribution in [3.8, 4) is 23.0 Å². The summed E-state index contributed by atoms with van der Waals surface area (Å²) in [6.45, 7) is 8.23. The number of carbonyl (C=O) groups is 3. The van der Waals surface area contributed by atoms with Crippen LogP contribution in [0, 0.1) is 11.6 Å². The number of halogens is 2. The number of piperazine rings is 1. The Morgan fingerprint density at radius 1 is 0.875 bits per heavy atom. The number of hydrogen-bond donors (Lipinski definition) is 2. The normalized spacial score (nSPS) is 26.5. The van der Waals surface area contributed by atoms with E-state index in [0.717, 1.165) is 99.7 Å². The number of pyridine rings is 1. The van der Waals surface area contributed by atoms with Crippen molar-refractivity contribution >= 4 is 62.0 Å². The van der Waals surface area contributed by atoms with E-state index in [2.05, 4.69) is 43.1 Å². The van der Waals surface area contributed by atoms with E-state index in [0.29, 0.717) is 128 Å². The second-order valence-electron chi connectivity index (χ2n) is 23.8. The van der Waals surface area contributed by atoms with Gasteiger partial charge in [0.05, 0.1) is 46.4 Å². The fourth-order valence-corrected chi connectivity index (χ4v) is 15.5. The predicted octanol–water partition coefficient (Wildman–Crippen LogP) is 7.67. The van der Waals surface area contributed by atoms with Crippen molar-refractivity contribution in [3.63, 3.8) is 0 Å². The van der Waals surface area contributed by atoms with Gasteiger partial charge in [0.2, 0.25) is 11.8 Å². The molecular formula is C60H69F2N11O7. The summed E-state index contributed by atoms with van der Waals surface area (Å²) < 4.78 is 53.7. The lowest BCUT2D eigenvalue weighted by atomic mass is 9.92. The standard InChI is InChI=1S/C60H69F2N11O7/c1-3-42-46(61)13-6-34-26-41(74)28-45(50(34)42)54-52(62)55-51-47(63-54)14-10-39-31-78-25-5-21-71(39)56(51)66-58(65-55)80-33-60-19-4-22-72(60)40(16-20-60)32-79-59(77)69-23-17-35(18-24-69)73-37-7-8-38(73)30-70(29-37)36-9-11-43-48(27-36)68(2)67-53(43)44-12-15-49(75)64-57(44)76/h6,9,11,13,26-28,35,37-40,44,74H,3-5,7-8,10,12,14-25,29-33H2,1-2H3,(H,64,75,76)/t37?,38?,39-,40-,44?,60-/m0/s1. The van der Waals surface area contributed by atoms with Crippen LogP contribution in [0.25, 0.3) is 43.8 Å². The summed E-state index contributed by atoms with van der Waals surface area (Å²) in [5.41, 5.74) is 3.98. The Hall–Kier alpha value is -6.77. The number of hydrogen-bond acceptors (Lipinski definition) is 15. The van der Waals surface area contributed by atoms with Crippen molar-refractivity contribution in [2.24, 2.45) is 7.05 Å². The molecule has 3 aromatic heterocycles. The molecule has 8 aliphatic rings. The minimum absolute atomic E-state index is 0.000214. The number of anilines is 2. The number of aryl methyl sites for hydroxylation is 3. The number of likely N-dealkylation sites (tertiary alicyclic amines) is 1. The molecule has 0 radical (unpaired) electrons. The zero-order valence-corrected chi connectivity index (χ0v) is 45.6. The van der Waals surface area contributed by atoms with Crippen molar-refractivity contribution < 1.29 is 42.5 Å². The number of rotatable bonds is 10. The molecule has 18 nitrogen and oxygen atoms in total. The third-order valence-electron chi connectivity index (χ3n) is 19.4. The number of piperidine rings is 2. The van der Waals surface area contributed by atoms with Crippen LogP contribution < -0.4 is 19.9 Å². The van der Waals surface area contributed by atoms with Crippen molar-refractivity contribution in [3.05, 3.63) is 71.1 Å². The van der Waals surface area contributed by atoms with Gasteiger partial charge in [-0.15, -0.1) is 0 Å². The molecule has 14 rings (SSSR count). The van der Waals surface area contributed by atoms with Gasteiger partial charge in [0.1, 0.15) is 41.8 Å². The highest BCUT2D eigenvalue weighted by atomic mass is 19.1. The number of carbonyl (C=O) groups excluding carboxylic acids is 3. The first kappa shape index (κ1) is 51.4. The van der Waals surface area contributed by atoms with Crippen molar-refractivity contribution in [1.82, 2.24) is 44.7 Å². The van der Waals surface area contributed by atoms with E-state index in [1.807, 2.05) is 23.6 Å². The average molecular weight is 1090 g/mol. The predicted molar refractivity (Wildman–Crippen MR) is 296 cm³/mol. The fraction of sp³-hybridized carbons (Fsp3) is 0.550. The first-order chi connectivity index (χ1) is 38.9. The molecule has 0 aliphatic carbocycles. The molecule has 11 heterocycles. The molecule has 420 valence electrons. The topological polar surface area (TPSA) is 184 Å². The number of aromatic nitrogens is 5. The van der Waals surface area contributed by atoms with Gasteiger partial charge in [-0.1, -0.05) is 13.0 Å². The first-order valence-electron chi connectivity index (χ1n) is 29.2. The van der Waals surface area contributed by atoms with Crippen LogP contribution in [0.1, 0.15) is 107 Å². The Morgan fingerprint density at radius 3 is 2.52 bits per heavy atom. The molecular weight excluding hydrogens is 1020 g/mol. The van der Waals surface area contributed by atoms with Gasteiger partial charge < -0.3 is 34.0 Å². The van der Waals surface area contributed by atoms with Gasteiger partial charge in [-0.3, -0.25) is 29.4 Å². The van der Waals surface area contributed by atoms with E-state index in [-0.39, 0.29) is 65.1 Å². The lowest BCUT2D eigenvalue weighted by Crippen LogP contribution is -2.59. The van der Waals surface area contributed by atoms with Crippen LogP contribution in [-0.4, -0.2) is 164 Å². The van der Waals surface area contributed by atoms with Crippen LogP contribution >= 0.6 is 0 Å². The number of phenols is 1. The minimum atomic E-state index is -0.680. The summed E-state index contributed by atoms with van der Waals surface area (Å²) in [7, 11) is 1.92. The largest absolute Gasteiger partial charge is 0.508 e. The van der Waals surface area contributed by atoms with Crippen LogP contribution in [0.3, 0.4) is 0 Å². The Labute approximate surface area is 462 Å². The number of phenolic OH excluding ortho intramolecular Hbond substituents is 1. The van der Waals surface area contributed by atoms with Crippen LogP contribution in [0.15, 0.2) is 42.5 Å². The molecule has 3 aromatic carbocycles. The van der Waals surface area contributed by atoms with E-state index < -0.39 is 17.6 Å². The summed E-state index contributed by atoms with van der Waals surface area (Å²) in [5.74, 6) is -1.52. The van der Waals surface area contributed by atoms with Gasteiger partial charge in [0.25, 0.3) is 0 Å². The SMILES string of the molecule is CCc1c(F)ccc2cc(O)cc(-c3nc4c5c(nc(OC[C@@]67CCCN6[C@H](COC(=O)N6CCC(N8C9CCC8CN(c8ccc%10c(C%11CCC(=O)NC%11=O)nn(C)c%10c8)C9)CC6)CC7)nc5c3F)N3CCCOC[C@@H]3CC4)c12. The number of imide groups is 1. The third-order valence-corrected chi connectivity index (χ3v) is 19.4. The second kappa shape index (κ2) is 20.3. The molecule has 7 fully saturated rings. The number of nitrogens with zero attached hydrogens (tertiary/aromatic N) is 10. The summed E-state index contributed by atoms with van der Waals surface area (Å²) in [6, 6.07) is 13.8. The highest BCUT2D eigenvalue weighted by molar-refractivity contribution is 6.04. The molecule has 3 amide bonds. The highest BCUT2D eigenvalue weighted by Crippen LogP contribution is 2.46. The van der Waals surface area contributed by atoms with Gasteiger partial charge >= 0.3 is 12.1 Å². The van der Waals surface area contributed by atoms with E-state index in [1.165, 1.54) is 12.1 Å². The lowest BCUT2D eigenvalue weighted by Gasteiger charge is -2.48. The number of fused-ring (bicyclic) bond motifs is 7. The molecule has 3 unspecified atom stereocenters. The van der Waals surface area contributed by atoms with Crippen LogP contribution in [-0.2, 0) is 39.0 Å². The van der Waals surface area contributed by atoms with Gasteiger partial charge in [0, 0.05) is 93.6 Å². The number of benzene rings is 3. The average Bonchev–Trinajstić information content (AvgIpc) is 4.14. The molecule has 2 bridgehead atoms. The van der Waals surface area contributed by atoms with Crippen molar-refractivity contribution in [2.75, 3.05) is 75.5 Å². The molecule has 7 saturated heterocycles. The van der Waals surface area contributed by atoms with Gasteiger partial charge in [-0.2, -0.15) is 15.1 Å². The number of ether oxygens (including phenoxy) is 3. The Bertz CT molecular complexity index is 3470. The molecule has 6 aromatic rings. The molecule has 2 N–H and O–H groups in total. The number of amides is 3. The van der Waals surface area contributed by atoms with Crippen molar-refractivity contribution in [1.29, 1.82) is 0 Å². The maximum Gasteiger partial charge on any atom is 0.409 e. The van der Waals surface area contributed by atoms with E-state index in [4.69, 9.17) is 34.3 Å². The maximum absolute atomic E-state index is 17.6. The highest BCUT2D eigenvalue weighted by Gasteiger charge is 2.51. The molecule has 0 spiro atoms. The van der Waals surface area contributed by atoms with E-state index in [1.54, 1.807) is 12.1 Å². The monoisotopic (exact) mass is 1090 g/mol. The molecule has 6 atom stereocenters. The van der Waals surface area contributed by atoms with Crippen LogP contribution in [0.2, 0.25) is 0 Å². The maximum atomic E-state index is 17.6. The smallest absolute Gasteiger partial charge is 0.409 e.